The lowest BCUT2D eigenvalue weighted by atomic mass is 9.77. The first-order valence-corrected chi connectivity index (χ1v) is 11.6. The molecule has 1 aliphatic carbocycles. The normalized spacial score (nSPS) is 24.8. The van der Waals surface area contributed by atoms with Crippen molar-refractivity contribution < 1.29 is 19.1 Å². The van der Waals surface area contributed by atoms with E-state index in [-0.39, 0.29) is 29.5 Å². The van der Waals surface area contributed by atoms with Crippen LogP contribution in [0.4, 0.5) is 0 Å². The number of carbonyl (C=O) groups is 2. The van der Waals surface area contributed by atoms with Crippen molar-refractivity contribution in [3.8, 4) is 5.75 Å². The summed E-state index contributed by atoms with van der Waals surface area (Å²) in [7, 11) is 1.64. The van der Waals surface area contributed by atoms with Crippen LogP contribution in [0, 0.1) is 5.92 Å². The number of fused-ring (bicyclic) bond motifs is 1. The van der Waals surface area contributed by atoms with Crippen molar-refractivity contribution in [2.45, 2.75) is 44.2 Å². The van der Waals surface area contributed by atoms with E-state index < -0.39 is 6.04 Å². The quantitative estimate of drug-likeness (QED) is 0.649. The van der Waals surface area contributed by atoms with Crippen LogP contribution < -0.4 is 4.74 Å². The molecule has 2 heterocycles. The Kier molecular flexibility index (Phi) is 5.68. The maximum Gasteiger partial charge on any atom is 0.290 e. The zero-order chi connectivity index (χ0) is 22.2. The van der Waals surface area contributed by atoms with E-state index in [0.29, 0.717) is 23.6 Å². The second-order valence-corrected chi connectivity index (χ2v) is 9.14. The summed E-state index contributed by atoms with van der Waals surface area (Å²) < 4.78 is 11.4. The van der Waals surface area contributed by atoms with E-state index in [1.54, 1.807) is 24.1 Å². The monoisotopic (exact) mass is 451 g/mol. The van der Waals surface area contributed by atoms with Crippen LogP contribution in [0.1, 0.15) is 42.9 Å². The van der Waals surface area contributed by atoms with Crippen LogP contribution in [0.15, 0.2) is 59.9 Å². The molecule has 0 spiro atoms. The Labute approximate surface area is 193 Å². The zero-order valence-electron chi connectivity index (χ0n) is 18.1. The zero-order valence-corrected chi connectivity index (χ0v) is 18.8. The Balaban J connectivity index is 1.47. The largest absolute Gasteiger partial charge is 0.497 e. The third-order valence-electron chi connectivity index (χ3n) is 6.85. The Bertz CT molecular complexity index is 1060. The second kappa shape index (κ2) is 8.62. The van der Waals surface area contributed by atoms with Crippen molar-refractivity contribution >= 4 is 23.3 Å². The van der Waals surface area contributed by atoms with Gasteiger partial charge in [0.05, 0.1) is 24.6 Å². The van der Waals surface area contributed by atoms with Gasteiger partial charge < -0.3 is 14.4 Å². The van der Waals surface area contributed by atoms with E-state index in [0.717, 1.165) is 42.6 Å². The molecule has 1 amide bonds. The molecule has 6 heteroatoms. The van der Waals surface area contributed by atoms with Crippen molar-refractivity contribution in [2.24, 2.45) is 5.92 Å². The predicted octanol–water partition coefficient (Wildman–Crippen LogP) is 4.89. The van der Waals surface area contributed by atoms with Crippen molar-refractivity contribution in [3.63, 3.8) is 0 Å². The number of ketones is 1. The lowest BCUT2D eigenvalue weighted by Crippen LogP contribution is -2.39. The Morgan fingerprint density at radius 1 is 1.03 bits per heavy atom. The van der Waals surface area contributed by atoms with Gasteiger partial charge in [-0.1, -0.05) is 42.3 Å². The molecule has 0 aromatic heterocycles. The molecule has 2 aliphatic heterocycles. The average molecular weight is 452 g/mol. The van der Waals surface area contributed by atoms with E-state index in [9.17, 15) is 9.59 Å². The third kappa shape index (κ3) is 3.69. The Morgan fingerprint density at radius 3 is 2.47 bits per heavy atom. The standard InChI is InChI=1S/C26H26ClNO4/c1-31-19-12-6-16(7-13-19)14-15-28-23(17-8-10-18(27)11-9-17)22-24(29)20-4-2-3-5-21(20)32-25(22)26(28)30/h6-13,20-21,23H,2-5,14-15H2,1H3. The summed E-state index contributed by atoms with van der Waals surface area (Å²) in [6.45, 7) is 0.484. The molecule has 3 aliphatic rings. The summed E-state index contributed by atoms with van der Waals surface area (Å²) >= 11 is 6.11. The molecule has 2 aromatic carbocycles. The molecule has 5 rings (SSSR count). The molecule has 2 aromatic rings. The highest BCUT2D eigenvalue weighted by Gasteiger charge is 2.51. The van der Waals surface area contributed by atoms with Crippen molar-refractivity contribution in [1.82, 2.24) is 4.90 Å². The highest BCUT2D eigenvalue weighted by molar-refractivity contribution is 6.30. The number of nitrogens with zero attached hydrogens (tertiary/aromatic N) is 1. The topological polar surface area (TPSA) is 55.8 Å². The van der Waals surface area contributed by atoms with E-state index >= 15 is 0 Å². The number of methoxy groups -OCH3 is 1. The molecule has 32 heavy (non-hydrogen) atoms. The minimum Gasteiger partial charge on any atom is -0.497 e. The summed E-state index contributed by atoms with van der Waals surface area (Å²) in [4.78, 5) is 28.8. The number of halogens is 1. The van der Waals surface area contributed by atoms with E-state index in [1.165, 1.54) is 0 Å². The highest BCUT2D eigenvalue weighted by Crippen LogP contribution is 2.46. The van der Waals surface area contributed by atoms with Gasteiger partial charge in [0.25, 0.3) is 5.91 Å². The number of benzene rings is 2. The molecule has 1 fully saturated rings. The minimum absolute atomic E-state index is 0.0798. The van der Waals surface area contributed by atoms with Gasteiger partial charge in [-0.2, -0.15) is 0 Å². The lowest BCUT2D eigenvalue weighted by Gasteiger charge is -2.35. The van der Waals surface area contributed by atoms with E-state index in [4.69, 9.17) is 21.1 Å². The Hall–Kier alpha value is -2.79. The predicted molar refractivity (Wildman–Crippen MR) is 121 cm³/mol. The molecule has 0 radical (unpaired) electrons. The van der Waals surface area contributed by atoms with E-state index in [2.05, 4.69) is 0 Å². The van der Waals surface area contributed by atoms with Gasteiger partial charge in [0, 0.05) is 11.6 Å². The fourth-order valence-electron chi connectivity index (χ4n) is 5.16. The number of amides is 1. The highest BCUT2D eigenvalue weighted by atomic mass is 35.5. The average Bonchev–Trinajstić information content (AvgIpc) is 3.10. The van der Waals surface area contributed by atoms with Crippen molar-refractivity contribution in [2.75, 3.05) is 13.7 Å². The van der Waals surface area contributed by atoms with Gasteiger partial charge >= 0.3 is 0 Å². The first kappa shape index (κ1) is 21.1. The molecule has 1 saturated carbocycles. The van der Waals surface area contributed by atoms with Crippen LogP contribution in [0.2, 0.25) is 5.02 Å². The van der Waals surface area contributed by atoms with Crippen LogP contribution >= 0.6 is 11.6 Å². The van der Waals surface area contributed by atoms with Gasteiger partial charge in [-0.3, -0.25) is 9.59 Å². The molecule has 0 bridgehead atoms. The molecule has 0 N–H and O–H groups in total. The van der Waals surface area contributed by atoms with Gasteiger partial charge in [-0.05, 0) is 61.1 Å². The van der Waals surface area contributed by atoms with Gasteiger partial charge in [0.15, 0.2) is 11.5 Å². The minimum atomic E-state index is -0.441. The molecular weight excluding hydrogens is 426 g/mol. The van der Waals surface area contributed by atoms with Crippen LogP contribution in [-0.2, 0) is 20.7 Å². The molecule has 166 valence electrons. The third-order valence-corrected chi connectivity index (χ3v) is 7.10. The molecular formula is C26H26ClNO4. The van der Waals surface area contributed by atoms with Gasteiger partial charge in [0.2, 0.25) is 0 Å². The fraction of sp³-hybridized carbons (Fsp3) is 0.385. The smallest absolute Gasteiger partial charge is 0.290 e. The maximum atomic E-state index is 13.6. The van der Waals surface area contributed by atoms with Gasteiger partial charge in [0.1, 0.15) is 11.9 Å². The van der Waals surface area contributed by atoms with Crippen LogP contribution in [0.3, 0.4) is 0 Å². The second-order valence-electron chi connectivity index (χ2n) is 8.71. The molecule has 0 saturated heterocycles. The fourth-order valence-corrected chi connectivity index (χ4v) is 5.28. The first-order valence-electron chi connectivity index (χ1n) is 11.2. The van der Waals surface area contributed by atoms with Crippen molar-refractivity contribution in [1.29, 1.82) is 0 Å². The summed E-state index contributed by atoms with van der Waals surface area (Å²) in [6, 6.07) is 14.8. The number of ether oxygens (including phenoxy) is 2. The number of hydrogen-bond acceptors (Lipinski definition) is 4. The SMILES string of the molecule is COc1ccc(CCN2C(=O)C3=C(C(=O)C4CCCCC4O3)C2c2ccc(Cl)cc2)cc1. The lowest BCUT2D eigenvalue weighted by molar-refractivity contribution is -0.135. The summed E-state index contributed by atoms with van der Waals surface area (Å²) in [5, 5.41) is 0.621. The maximum absolute atomic E-state index is 13.6. The van der Waals surface area contributed by atoms with Crippen LogP contribution in [0.5, 0.6) is 5.75 Å². The molecule has 5 nitrogen and oxygen atoms in total. The van der Waals surface area contributed by atoms with Crippen molar-refractivity contribution in [3.05, 3.63) is 76.0 Å². The van der Waals surface area contributed by atoms with Gasteiger partial charge in [-0.15, -0.1) is 0 Å². The molecule has 3 unspecified atom stereocenters. The Morgan fingerprint density at radius 2 is 1.75 bits per heavy atom. The summed E-state index contributed by atoms with van der Waals surface area (Å²) in [5.41, 5.74) is 2.50. The van der Waals surface area contributed by atoms with Crippen LogP contribution in [0.25, 0.3) is 0 Å². The number of carbonyl (C=O) groups excluding carboxylic acids is 2. The number of Topliss-reactive ketones (excluding diaryl/α,β-unsaturated/α-hetero) is 1. The number of rotatable bonds is 5. The van der Waals surface area contributed by atoms with E-state index in [1.807, 2.05) is 36.4 Å². The first-order chi connectivity index (χ1) is 15.6. The number of hydrogen-bond donors (Lipinski definition) is 0. The summed E-state index contributed by atoms with van der Waals surface area (Å²) in [6.07, 6.45) is 4.21. The summed E-state index contributed by atoms with van der Waals surface area (Å²) in [5.74, 6) is 0.797. The molecule has 3 atom stereocenters. The van der Waals surface area contributed by atoms with Crippen LogP contribution in [-0.4, -0.2) is 36.3 Å². The van der Waals surface area contributed by atoms with Gasteiger partial charge in [-0.25, -0.2) is 0 Å².